The minimum Gasteiger partial charge on any atom is -0.479 e. The minimum absolute atomic E-state index is 0.224. The van der Waals surface area contributed by atoms with Gasteiger partial charge < -0.3 is 15.0 Å². The van der Waals surface area contributed by atoms with Gasteiger partial charge in [0.1, 0.15) is 11.6 Å². The number of nitriles is 2. The molecule has 1 amide bonds. The molecule has 1 saturated heterocycles. The summed E-state index contributed by atoms with van der Waals surface area (Å²) in [6.07, 6.45) is 3.09. The molecule has 4 rings (SSSR count). The molecule has 0 atom stereocenters. The SMILES string of the molecule is COc1nn(C)cc1C(=O)Nc1cc(C#N)cnc1N1CCN(Cc2ccc(C#N)cc2)CC1. The third kappa shape index (κ3) is 4.98. The highest BCUT2D eigenvalue weighted by molar-refractivity contribution is 6.07. The number of hydrogen-bond donors (Lipinski definition) is 1. The molecule has 0 bridgehead atoms. The van der Waals surface area contributed by atoms with Gasteiger partial charge in [0, 0.05) is 52.2 Å². The molecule has 3 heterocycles. The van der Waals surface area contributed by atoms with Crippen LogP contribution >= 0.6 is 0 Å². The van der Waals surface area contributed by atoms with Gasteiger partial charge in [-0.2, -0.15) is 10.5 Å². The lowest BCUT2D eigenvalue weighted by Gasteiger charge is -2.36. The summed E-state index contributed by atoms with van der Waals surface area (Å²) in [6.45, 7) is 3.85. The molecular weight excluding hydrogens is 432 g/mol. The monoisotopic (exact) mass is 456 g/mol. The summed E-state index contributed by atoms with van der Waals surface area (Å²) in [5, 5.41) is 25.3. The number of methoxy groups -OCH3 is 1. The van der Waals surface area contributed by atoms with Crippen LogP contribution in [-0.4, -0.2) is 58.9 Å². The van der Waals surface area contributed by atoms with E-state index in [1.807, 2.05) is 24.3 Å². The lowest BCUT2D eigenvalue weighted by atomic mass is 10.1. The van der Waals surface area contributed by atoms with E-state index in [0.717, 1.165) is 25.2 Å². The lowest BCUT2D eigenvalue weighted by Crippen LogP contribution is -2.46. The second-order valence-corrected chi connectivity index (χ2v) is 7.96. The van der Waals surface area contributed by atoms with Crippen LogP contribution in [0.3, 0.4) is 0 Å². The average Bonchev–Trinajstić information content (AvgIpc) is 3.26. The molecule has 0 aliphatic carbocycles. The second kappa shape index (κ2) is 10.0. The number of carbonyl (C=O) groups is 1. The molecule has 10 heteroatoms. The second-order valence-electron chi connectivity index (χ2n) is 7.96. The highest BCUT2D eigenvalue weighted by Crippen LogP contribution is 2.27. The van der Waals surface area contributed by atoms with Gasteiger partial charge in [-0.1, -0.05) is 12.1 Å². The number of piperazine rings is 1. The van der Waals surface area contributed by atoms with Crippen LogP contribution < -0.4 is 15.0 Å². The first kappa shape index (κ1) is 22.8. The molecule has 0 radical (unpaired) electrons. The molecule has 0 saturated carbocycles. The van der Waals surface area contributed by atoms with Gasteiger partial charge in [0.05, 0.1) is 30.0 Å². The number of nitrogens with zero attached hydrogens (tertiary/aromatic N) is 7. The van der Waals surface area contributed by atoms with E-state index in [0.29, 0.717) is 41.3 Å². The Hall–Kier alpha value is -4.41. The van der Waals surface area contributed by atoms with E-state index in [-0.39, 0.29) is 11.8 Å². The van der Waals surface area contributed by atoms with Crippen molar-refractivity contribution in [2.24, 2.45) is 7.05 Å². The Morgan fingerprint density at radius 3 is 2.47 bits per heavy atom. The first-order chi connectivity index (χ1) is 16.5. The first-order valence-corrected chi connectivity index (χ1v) is 10.8. The number of amides is 1. The number of aryl methyl sites for hydroxylation is 1. The highest BCUT2D eigenvalue weighted by Gasteiger charge is 2.23. The molecule has 0 spiro atoms. The average molecular weight is 457 g/mol. The quantitative estimate of drug-likeness (QED) is 0.598. The summed E-state index contributed by atoms with van der Waals surface area (Å²) in [6, 6.07) is 13.5. The fourth-order valence-electron chi connectivity index (χ4n) is 3.89. The number of aromatic nitrogens is 3. The maximum absolute atomic E-state index is 12.9. The maximum Gasteiger partial charge on any atom is 0.262 e. The number of ether oxygens (including phenoxy) is 1. The number of rotatable bonds is 6. The zero-order valence-corrected chi connectivity index (χ0v) is 19.0. The fourth-order valence-corrected chi connectivity index (χ4v) is 3.89. The van der Waals surface area contributed by atoms with Crippen molar-refractivity contribution in [2.45, 2.75) is 6.54 Å². The molecule has 1 aliphatic heterocycles. The molecule has 172 valence electrons. The van der Waals surface area contributed by atoms with Crippen LogP contribution in [0.4, 0.5) is 11.5 Å². The number of nitrogens with one attached hydrogen (secondary N) is 1. The van der Waals surface area contributed by atoms with Crippen LogP contribution in [0.15, 0.2) is 42.7 Å². The number of pyridine rings is 1. The van der Waals surface area contributed by atoms with E-state index in [1.165, 1.54) is 18.0 Å². The van der Waals surface area contributed by atoms with Crippen LogP contribution in [0.25, 0.3) is 0 Å². The smallest absolute Gasteiger partial charge is 0.262 e. The van der Waals surface area contributed by atoms with Crippen molar-refractivity contribution >= 4 is 17.4 Å². The summed E-state index contributed by atoms with van der Waals surface area (Å²) >= 11 is 0. The van der Waals surface area contributed by atoms with Crippen LogP contribution in [0, 0.1) is 22.7 Å². The Morgan fingerprint density at radius 1 is 1.12 bits per heavy atom. The predicted octanol–water partition coefficient (Wildman–Crippen LogP) is 2.14. The van der Waals surface area contributed by atoms with Gasteiger partial charge in [-0.25, -0.2) is 4.98 Å². The molecule has 34 heavy (non-hydrogen) atoms. The summed E-state index contributed by atoms with van der Waals surface area (Å²) in [4.78, 5) is 21.9. The molecule has 1 fully saturated rings. The lowest BCUT2D eigenvalue weighted by molar-refractivity contribution is 0.102. The molecule has 1 aromatic carbocycles. The Bertz CT molecular complexity index is 1260. The Morgan fingerprint density at radius 2 is 1.82 bits per heavy atom. The maximum atomic E-state index is 12.9. The third-order valence-corrected chi connectivity index (χ3v) is 5.64. The summed E-state index contributed by atoms with van der Waals surface area (Å²) in [7, 11) is 3.17. The van der Waals surface area contributed by atoms with Crippen molar-refractivity contribution < 1.29 is 9.53 Å². The third-order valence-electron chi connectivity index (χ3n) is 5.64. The Balaban J connectivity index is 1.47. The van der Waals surface area contributed by atoms with E-state index in [4.69, 9.17) is 10.00 Å². The summed E-state index contributed by atoms with van der Waals surface area (Å²) in [5.41, 5.74) is 2.93. The van der Waals surface area contributed by atoms with Crippen molar-refractivity contribution in [3.05, 3.63) is 65.0 Å². The van der Waals surface area contributed by atoms with Crippen molar-refractivity contribution in [2.75, 3.05) is 43.5 Å². The van der Waals surface area contributed by atoms with Gasteiger partial charge in [0.2, 0.25) is 5.88 Å². The van der Waals surface area contributed by atoms with Crippen LogP contribution in [0.2, 0.25) is 0 Å². The Labute approximate surface area is 197 Å². The van der Waals surface area contributed by atoms with Gasteiger partial charge in [0.25, 0.3) is 5.91 Å². The van der Waals surface area contributed by atoms with Crippen molar-refractivity contribution in [3.63, 3.8) is 0 Å². The van der Waals surface area contributed by atoms with Gasteiger partial charge in [0.15, 0.2) is 5.82 Å². The number of anilines is 2. The van der Waals surface area contributed by atoms with Gasteiger partial charge in [-0.05, 0) is 23.8 Å². The molecule has 2 aromatic heterocycles. The van der Waals surface area contributed by atoms with Crippen molar-refractivity contribution in [1.29, 1.82) is 10.5 Å². The highest BCUT2D eigenvalue weighted by atomic mass is 16.5. The number of benzene rings is 1. The molecule has 10 nitrogen and oxygen atoms in total. The van der Waals surface area contributed by atoms with Crippen LogP contribution in [0.5, 0.6) is 5.88 Å². The largest absolute Gasteiger partial charge is 0.479 e. The van der Waals surface area contributed by atoms with Gasteiger partial charge in [-0.3, -0.25) is 14.4 Å². The van der Waals surface area contributed by atoms with Crippen LogP contribution in [-0.2, 0) is 13.6 Å². The molecule has 1 N–H and O–H groups in total. The van der Waals surface area contributed by atoms with Gasteiger partial charge in [-0.15, -0.1) is 5.10 Å². The van der Waals surface area contributed by atoms with E-state index >= 15 is 0 Å². The fraction of sp³-hybridized carbons (Fsp3) is 0.292. The standard InChI is InChI=1S/C24H24N8O2/c1-30-16-20(24(29-30)34-2)23(33)28-21-11-19(13-26)14-27-22(21)32-9-7-31(8-10-32)15-18-5-3-17(12-25)4-6-18/h3-6,11,14,16H,7-10,15H2,1-2H3,(H,28,33). The van der Waals surface area contributed by atoms with Crippen LogP contribution in [0.1, 0.15) is 27.0 Å². The predicted molar refractivity (Wildman–Crippen MR) is 125 cm³/mol. The summed E-state index contributed by atoms with van der Waals surface area (Å²) < 4.78 is 6.70. The van der Waals surface area contributed by atoms with E-state index in [2.05, 4.69) is 37.3 Å². The molecule has 3 aromatic rings. The number of hydrogen-bond acceptors (Lipinski definition) is 8. The zero-order valence-electron chi connectivity index (χ0n) is 19.0. The number of carbonyl (C=O) groups excluding carboxylic acids is 1. The normalized spacial score (nSPS) is 13.7. The van der Waals surface area contributed by atoms with Crippen molar-refractivity contribution in [3.8, 4) is 18.0 Å². The van der Waals surface area contributed by atoms with Gasteiger partial charge >= 0.3 is 0 Å². The first-order valence-electron chi connectivity index (χ1n) is 10.8. The Kier molecular flexibility index (Phi) is 6.72. The molecule has 0 unspecified atom stereocenters. The molecule has 1 aliphatic rings. The molecular formula is C24H24N8O2. The topological polar surface area (TPSA) is 123 Å². The minimum atomic E-state index is -0.387. The van der Waals surface area contributed by atoms with E-state index in [1.54, 1.807) is 19.3 Å². The zero-order chi connectivity index (χ0) is 24.1. The van der Waals surface area contributed by atoms with E-state index in [9.17, 15) is 10.1 Å². The van der Waals surface area contributed by atoms with E-state index < -0.39 is 0 Å². The summed E-state index contributed by atoms with van der Waals surface area (Å²) in [5.74, 6) is 0.457. The van der Waals surface area contributed by atoms with Crippen molar-refractivity contribution in [1.82, 2.24) is 19.7 Å².